The molecule has 440 valence electrons. The molecule has 0 radical (unpaired) electrons. The van der Waals surface area contributed by atoms with Gasteiger partial charge in [-0.25, -0.2) is 4.57 Å². The summed E-state index contributed by atoms with van der Waals surface area (Å²) in [6.07, 6.45) is 77.7. The quantitative estimate of drug-likeness (QED) is 0.0205. The second kappa shape index (κ2) is 55.7. The summed E-state index contributed by atoms with van der Waals surface area (Å²) in [6, 6.07) is -0.874. The minimum Gasteiger partial charge on any atom is -0.456 e. The van der Waals surface area contributed by atoms with E-state index in [0.717, 1.165) is 148 Å². The normalized spacial score (nSPS) is 14.5. The molecule has 0 bridgehead atoms. The van der Waals surface area contributed by atoms with Crippen molar-refractivity contribution < 1.29 is 37.3 Å². The molecule has 0 saturated heterocycles. The number of amides is 1. The second-order valence-electron chi connectivity index (χ2n) is 21.5. The molecular weight excluding hydrogens is 976 g/mol. The minimum atomic E-state index is -4.47. The van der Waals surface area contributed by atoms with Gasteiger partial charge in [0.2, 0.25) is 5.91 Å². The number of esters is 1. The number of rotatable bonds is 54. The van der Waals surface area contributed by atoms with Crippen molar-refractivity contribution in [2.75, 3.05) is 40.9 Å². The molecule has 0 aliphatic carbocycles. The molecule has 2 N–H and O–H groups in total. The second-order valence-corrected chi connectivity index (χ2v) is 22.9. The number of nitrogens with one attached hydrogen (secondary N) is 1. The van der Waals surface area contributed by atoms with Gasteiger partial charge in [0.05, 0.1) is 33.8 Å². The lowest BCUT2D eigenvalue weighted by Gasteiger charge is -2.27. The van der Waals surface area contributed by atoms with Crippen LogP contribution in [-0.2, 0) is 27.9 Å². The van der Waals surface area contributed by atoms with Gasteiger partial charge in [0, 0.05) is 12.8 Å². The van der Waals surface area contributed by atoms with Crippen LogP contribution >= 0.6 is 7.82 Å². The number of carbonyl (C=O) groups is 2. The van der Waals surface area contributed by atoms with Crippen LogP contribution in [0.25, 0.3) is 0 Å². The van der Waals surface area contributed by atoms with Crippen LogP contribution in [0.2, 0.25) is 0 Å². The Labute approximate surface area is 473 Å². The number of phosphoric ester groups is 1. The highest BCUT2D eigenvalue weighted by atomic mass is 31.2. The lowest BCUT2D eigenvalue weighted by molar-refractivity contribution is -0.870. The summed E-state index contributed by atoms with van der Waals surface area (Å²) < 4.78 is 30.6. The van der Waals surface area contributed by atoms with Crippen molar-refractivity contribution in [3.63, 3.8) is 0 Å². The highest BCUT2D eigenvalue weighted by Gasteiger charge is 2.30. The van der Waals surface area contributed by atoms with E-state index in [4.69, 9.17) is 13.8 Å². The van der Waals surface area contributed by atoms with Gasteiger partial charge in [-0.2, -0.15) is 0 Å². The Morgan fingerprint density at radius 1 is 0.468 bits per heavy atom. The van der Waals surface area contributed by atoms with E-state index < -0.39 is 20.0 Å². The highest BCUT2D eigenvalue weighted by Crippen LogP contribution is 2.43. The van der Waals surface area contributed by atoms with Gasteiger partial charge in [-0.15, -0.1) is 0 Å². The zero-order chi connectivity index (χ0) is 56.4. The van der Waals surface area contributed by atoms with Crippen LogP contribution in [0, 0.1) is 0 Å². The Morgan fingerprint density at radius 3 is 1.25 bits per heavy atom. The predicted octanol–water partition coefficient (Wildman–Crippen LogP) is 19.1. The number of unbranched alkanes of at least 4 members (excludes halogenated alkanes) is 20. The number of quaternary nitrogens is 1. The first kappa shape index (κ1) is 73.4. The summed E-state index contributed by atoms with van der Waals surface area (Å²) in [5, 5.41) is 3.04. The molecule has 0 aromatic heterocycles. The van der Waals surface area contributed by atoms with Crippen molar-refractivity contribution in [3.05, 3.63) is 122 Å². The fourth-order valence-corrected chi connectivity index (χ4v) is 8.93. The van der Waals surface area contributed by atoms with Crippen molar-refractivity contribution in [2.45, 2.75) is 251 Å². The maximum Gasteiger partial charge on any atom is 0.472 e. The monoisotopic (exact) mass is 1090 g/mol. The van der Waals surface area contributed by atoms with Crippen LogP contribution in [0.15, 0.2) is 122 Å². The fraction of sp³-hybridized carbons (Fsp3) is 0.672. The summed E-state index contributed by atoms with van der Waals surface area (Å²) in [5.74, 6) is -0.557. The number of hydrogen-bond donors (Lipinski definition) is 2. The number of allylic oxidation sites excluding steroid dienone is 19. The minimum absolute atomic E-state index is 0.0266. The van der Waals surface area contributed by atoms with Crippen LogP contribution in [-0.4, -0.2) is 74.3 Å². The molecule has 3 atom stereocenters. The molecule has 0 heterocycles. The highest BCUT2D eigenvalue weighted by molar-refractivity contribution is 7.47. The molecule has 0 fully saturated rings. The first-order valence-corrected chi connectivity index (χ1v) is 32.4. The molecule has 77 heavy (non-hydrogen) atoms. The smallest absolute Gasteiger partial charge is 0.456 e. The zero-order valence-corrected chi connectivity index (χ0v) is 51.1. The molecule has 3 unspecified atom stereocenters. The van der Waals surface area contributed by atoms with Gasteiger partial charge in [-0.05, 0) is 115 Å². The summed E-state index contributed by atoms with van der Waals surface area (Å²) in [7, 11) is 1.45. The van der Waals surface area contributed by atoms with E-state index in [1.54, 1.807) is 0 Å². The van der Waals surface area contributed by atoms with Crippen LogP contribution < -0.4 is 5.32 Å². The molecule has 0 saturated carbocycles. The summed E-state index contributed by atoms with van der Waals surface area (Å²) in [6.45, 7) is 6.74. The van der Waals surface area contributed by atoms with E-state index in [-0.39, 0.29) is 31.5 Å². The van der Waals surface area contributed by atoms with Gasteiger partial charge in [-0.3, -0.25) is 18.6 Å². The number of nitrogens with zero attached hydrogens (tertiary/aromatic N) is 1. The number of hydrogen-bond acceptors (Lipinski definition) is 6. The number of phosphoric acid groups is 1. The van der Waals surface area contributed by atoms with Gasteiger partial charge >= 0.3 is 13.8 Å². The lowest BCUT2D eigenvalue weighted by Crippen LogP contribution is -2.47. The standard InChI is InChI=1S/C67H115N2O7P/c1-7-10-13-16-19-22-25-28-30-31-32-33-34-35-36-37-38-39-40-41-44-47-50-53-56-59-66(70)68-64(63-75-77(72,73)74-62-61-69(4,5)6)65(58-55-52-49-46-43-27-24-21-18-15-12-9-3)76-67(71)60-57-54-51-48-45-42-29-26-23-20-17-14-11-8-2/h10-11,13-14,19-20,22-23,28-30,32-33,35-36,38-39,42,55,58,64-65H,7-9,12,15-18,21,24-27,31,34,37,40-41,43-54,56-57,59-63H2,1-6H3,(H-,68,70,72,73)/p+1/b13-10-,14-11+,22-19-,23-20+,30-28-,33-32-,36-35-,39-38-,42-29+,58-55-. The first-order valence-electron chi connectivity index (χ1n) is 30.9. The van der Waals surface area contributed by atoms with Gasteiger partial charge in [0.15, 0.2) is 0 Å². The zero-order valence-electron chi connectivity index (χ0n) is 50.2. The van der Waals surface area contributed by atoms with E-state index in [1.165, 1.54) is 51.4 Å². The summed E-state index contributed by atoms with van der Waals surface area (Å²) in [5.41, 5.74) is 0. The summed E-state index contributed by atoms with van der Waals surface area (Å²) >= 11 is 0. The Bertz CT molecular complexity index is 1730. The lowest BCUT2D eigenvalue weighted by atomic mass is 10.0. The molecule has 0 aromatic carbocycles. The molecule has 10 heteroatoms. The Hall–Kier alpha value is -3.59. The maximum absolute atomic E-state index is 13.5. The van der Waals surface area contributed by atoms with Crippen molar-refractivity contribution in [2.24, 2.45) is 0 Å². The Kier molecular flexibility index (Phi) is 53.1. The maximum atomic E-state index is 13.5. The van der Waals surface area contributed by atoms with Crippen molar-refractivity contribution in [1.29, 1.82) is 0 Å². The number of carbonyl (C=O) groups excluding carboxylic acids is 2. The topological polar surface area (TPSA) is 111 Å². The van der Waals surface area contributed by atoms with Crippen LogP contribution in [0.3, 0.4) is 0 Å². The molecule has 1 amide bonds. The molecule has 0 aliphatic heterocycles. The van der Waals surface area contributed by atoms with Crippen LogP contribution in [0.5, 0.6) is 0 Å². The number of likely N-dealkylation sites (N-methyl/N-ethyl adjacent to an activating group) is 1. The third-order valence-corrected chi connectivity index (χ3v) is 13.9. The molecule has 0 rings (SSSR count). The molecule has 0 aliphatic rings. The largest absolute Gasteiger partial charge is 0.472 e. The average molecular weight is 1090 g/mol. The molecular formula is C67H116N2O7P+. The molecule has 0 aromatic rings. The van der Waals surface area contributed by atoms with Gasteiger partial charge in [0.1, 0.15) is 19.3 Å². The van der Waals surface area contributed by atoms with E-state index >= 15 is 0 Å². The van der Waals surface area contributed by atoms with E-state index in [2.05, 4.69) is 135 Å². The summed E-state index contributed by atoms with van der Waals surface area (Å²) in [4.78, 5) is 37.7. The first-order chi connectivity index (χ1) is 37.4. The van der Waals surface area contributed by atoms with Gasteiger partial charge in [0.25, 0.3) is 0 Å². The fourth-order valence-electron chi connectivity index (χ4n) is 8.19. The van der Waals surface area contributed by atoms with E-state index in [0.29, 0.717) is 23.9 Å². The van der Waals surface area contributed by atoms with Gasteiger partial charge < -0.3 is 19.4 Å². The number of ether oxygens (including phenoxy) is 1. The Balaban J connectivity index is 5.25. The van der Waals surface area contributed by atoms with E-state index in [1.807, 2.05) is 33.3 Å². The SMILES string of the molecule is CC/C=C\C/C=C\C/C=C\C/C=C\C/C=C\C/C=C\CCCCCCCCC(=O)NC(COP(=O)(O)OCC[N+](C)(C)C)C(/C=C\CCCCCCCCCCCC)OC(=O)CCCCCC/C=C/C/C=C/C/C=C/CC. The Morgan fingerprint density at radius 2 is 0.831 bits per heavy atom. The van der Waals surface area contributed by atoms with E-state index in [9.17, 15) is 19.0 Å². The predicted molar refractivity (Wildman–Crippen MR) is 332 cm³/mol. The molecule has 9 nitrogen and oxygen atoms in total. The van der Waals surface area contributed by atoms with Crippen molar-refractivity contribution in [3.8, 4) is 0 Å². The average Bonchev–Trinajstić information content (AvgIpc) is 3.39. The van der Waals surface area contributed by atoms with Crippen LogP contribution in [0.1, 0.15) is 239 Å². The third kappa shape index (κ3) is 56.9. The van der Waals surface area contributed by atoms with Crippen molar-refractivity contribution in [1.82, 2.24) is 5.32 Å². The molecule has 0 spiro atoms. The van der Waals surface area contributed by atoms with Gasteiger partial charge in [-0.1, -0.05) is 233 Å². The van der Waals surface area contributed by atoms with Crippen molar-refractivity contribution >= 4 is 19.7 Å². The third-order valence-electron chi connectivity index (χ3n) is 12.9. The van der Waals surface area contributed by atoms with Crippen LogP contribution in [0.4, 0.5) is 0 Å².